The molecule has 6 heteroatoms. The molecule has 3 N–H and O–H groups in total. The maximum Gasteiger partial charge on any atom is 0.251 e. The Morgan fingerprint density at radius 1 is 1.00 bits per heavy atom. The number of aryl methyl sites for hydroxylation is 1. The van der Waals surface area contributed by atoms with Crippen LogP contribution in [0.15, 0.2) is 48.5 Å². The van der Waals surface area contributed by atoms with Crippen molar-refractivity contribution in [2.24, 2.45) is 5.92 Å². The fraction of sp³-hybridized carbons (Fsp3) is 0.375. The van der Waals surface area contributed by atoms with Gasteiger partial charge < -0.3 is 16.0 Å². The van der Waals surface area contributed by atoms with E-state index in [9.17, 15) is 14.4 Å². The first kappa shape index (κ1) is 23.1. The molecule has 0 radical (unpaired) electrons. The van der Waals surface area contributed by atoms with Crippen LogP contribution in [-0.2, 0) is 16.1 Å². The van der Waals surface area contributed by atoms with Crippen molar-refractivity contribution in [2.75, 3.05) is 5.32 Å². The van der Waals surface area contributed by atoms with Crippen LogP contribution in [0.3, 0.4) is 0 Å². The summed E-state index contributed by atoms with van der Waals surface area (Å²) in [4.78, 5) is 37.0. The van der Waals surface area contributed by atoms with Crippen molar-refractivity contribution in [3.8, 4) is 0 Å². The molecular weight excluding hydrogens is 378 g/mol. The van der Waals surface area contributed by atoms with E-state index in [1.54, 1.807) is 12.1 Å². The average molecular weight is 410 g/mol. The van der Waals surface area contributed by atoms with Gasteiger partial charge in [0.25, 0.3) is 5.91 Å². The highest BCUT2D eigenvalue weighted by molar-refractivity contribution is 5.97. The second-order valence-electron chi connectivity index (χ2n) is 7.78. The molecule has 0 heterocycles. The van der Waals surface area contributed by atoms with Crippen LogP contribution in [0, 0.1) is 12.8 Å². The van der Waals surface area contributed by atoms with E-state index in [-0.39, 0.29) is 23.6 Å². The van der Waals surface area contributed by atoms with E-state index in [4.69, 9.17) is 0 Å². The van der Waals surface area contributed by atoms with Crippen molar-refractivity contribution >= 4 is 23.4 Å². The normalized spacial score (nSPS) is 11.6. The Kier molecular flexibility index (Phi) is 8.59. The van der Waals surface area contributed by atoms with Crippen LogP contribution >= 0.6 is 0 Å². The molecule has 0 aliphatic rings. The van der Waals surface area contributed by atoms with E-state index >= 15 is 0 Å². The molecule has 2 aromatic carbocycles. The standard InChI is InChI=1S/C24H31N3O3/c1-5-7-21(28)26-20-9-6-8-18(14-20)15-25-24(30)22(16(2)3)27-23(29)19-12-10-17(4)11-13-19/h6,8-14,16,22H,5,7,15H2,1-4H3,(H,25,30)(H,26,28)(H,27,29). The molecule has 30 heavy (non-hydrogen) atoms. The Labute approximate surface area is 178 Å². The molecule has 160 valence electrons. The third-order valence-corrected chi connectivity index (χ3v) is 4.70. The summed E-state index contributed by atoms with van der Waals surface area (Å²) in [5.41, 5.74) is 3.16. The smallest absolute Gasteiger partial charge is 0.251 e. The highest BCUT2D eigenvalue weighted by atomic mass is 16.2. The van der Waals surface area contributed by atoms with E-state index in [1.165, 1.54) is 0 Å². The van der Waals surface area contributed by atoms with E-state index in [2.05, 4.69) is 16.0 Å². The molecule has 0 fully saturated rings. The molecule has 1 atom stereocenters. The quantitative estimate of drug-likeness (QED) is 0.589. The minimum absolute atomic E-state index is 0.0302. The lowest BCUT2D eigenvalue weighted by molar-refractivity contribution is -0.124. The Morgan fingerprint density at radius 2 is 1.70 bits per heavy atom. The number of hydrogen-bond acceptors (Lipinski definition) is 3. The SMILES string of the molecule is CCCC(=O)Nc1cccc(CNC(=O)C(NC(=O)c2ccc(C)cc2)C(C)C)c1. The second kappa shape index (κ2) is 11.1. The highest BCUT2D eigenvalue weighted by Crippen LogP contribution is 2.12. The van der Waals surface area contributed by atoms with Crippen molar-refractivity contribution in [2.45, 2.75) is 53.1 Å². The number of carbonyl (C=O) groups is 3. The lowest BCUT2D eigenvalue weighted by Crippen LogP contribution is -2.49. The van der Waals surface area contributed by atoms with Gasteiger partial charge in [-0.15, -0.1) is 0 Å². The number of amides is 3. The molecule has 0 spiro atoms. The summed E-state index contributed by atoms with van der Waals surface area (Å²) in [5, 5.41) is 8.57. The lowest BCUT2D eigenvalue weighted by Gasteiger charge is -2.22. The number of hydrogen-bond donors (Lipinski definition) is 3. The van der Waals surface area contributed by atoms with Gasteiger partial charge in [-0.1, -0.05) is 50.6 Å². The largest absolute Gasteiger partial charge is 0.350 e. The van der Waals surface area contributed by atoms with Gasteiger partial charge >= 0.3 is 0 Å². The van der Waals surface area contributed by atoms with Gasteiger partial charge in [0.05, 0.1) is 0 Å². The zero-order valence-electron chi connectivity index (χ0n) is 18.1. The van der Waals surface area contributed by atoms with E-state index in [0.29, 0.717) is 24.2 Å². The number of benzene rings is 2. The summed E-state index contributed by atoms with van der Waals surface area (Å²) >= 11 is 0. The Balaban J connectivity index is 1.97. The molecule has 0 aliphatic heterocycles. The minimum atomic E-state index is -0.647. The third kappa shape index (κ3) is 7.03. The molecule has 2 rings (SSSR count). The molecule has 0 bridgehead atoms. The van der Waals surface area contributed by atoms with Crippen molar-refractivity contribution in [1.82, 2.24) is 10.6 Å². The minimum Gasteiger partial charge on any atom is -0.350 e. The molecule has 2 aromatic rings. The zero-order valence-corrected chi connectivity index (χ0v) is 18.1. The fourth-order valence-corrected chi connectivity index (χ4v) is 2.97. The first-order chi connectivity index (χ1) is 14.3. The molecular formula is C24H31N3O3. The van der Waals surface area contributed by atoms with Crippen LogP contribution in [0.5, 0.6) is 0 Å². The first-order valence-electron chi connectivity index (χ1n) is 10.3. The predicted octanol–water partition coefficient (Wildman–Crippen LogP) is 3.80. The van der Waals surface area contributed by atoms with Gasteiger partial charge in [-0.3, -0.25) is 14.4 Å². The van der Waals surface area contributed by atoms with Gasteiger partial charge in [-0.05, 0) is 49.1 Å². The maximum atomic E-state index is 12.7. The van der Waals surface area contributed by atoms with Crippen LogP contribution in [0.4, 0.5) is 5.69 Å². The van der Waals surface area contributed by atoms with Gasteiger partial charge in [-0.2, -0.15) is 0 Å². The van der Waals surface area contributed by atoms with E-state index in [1.807, 2.05) is 64.1 Å². The zero-order chi connectivity index (χ0) is 22.1. The third-order valence-electron chi connectivity index (χ3n) is 4.70. The Bertz CT molecular complexity index is 876. The number of carbonyl (C=O) groups excluding carboxylic acids is 3. The van der Waals surface area contributed by atoms with Gasteiger partial charge in [-0.25, -0.2) is 0 Å². The van der Waals surface area contributed by atoms with Crippen molar-refractivity contribution in [3.63, 3.8) is 0 Å². The molecule has 1 unspecified atom stereocenters. The molecule has 0 saturated carbocycles. The highest BCUT2D eigenvalue weighted by Gasteiger charge is 2.24. The topological polar surface area (TPSA) is 87.3 Å². The Morgan fingerprint density at radius 3 is 2.33 bits per heavy atom. The fourth-order valence-electron chi connectivity index (χ4n) is 2.97. The van der Waals surface area contributed by atoms with Gasteiger partial charge in [0.15, 0.2) is 0 Å². The van der Waals surface area contributed by atoms with Crippen LogP contribution in [-0.4, -0.2) is 23.8 Å². The van der Waals surface area contributed by atoms with Crippen LogP contribution in [0.25, 0.3) is 0 Å². The predicted molar refractivity (Wildman–Crippen MR) is 119 cm³/mol. The molecule has 3 amide bonds. The molecule has 0 aliphatic carbocycles. The van der Waals surface area contributed by atoms with Gasteiger partial charge in [0.2, 0.25) is 11.8 Å². The number of rotatable bonds is 9. The van der Waals surface area contributed by atoms with Crippen molar-refractivity contribution in [3.05, 3.63) is 65.2 Å². The van der Waals surface area contributed by atoms with Crippen molar-refractivity contribution < 1.29 is 14.4 Å². The number of nitrogens with one attached hydrogen (secondary N) is 3. The first-order valence-corrected chi connectivity index (χ1v) is 10.3. The summed E-state index contributed by atoms with van der Waals surface area (Å²) in [7, 11) is 0. The van der Waals surface area contributed by atoms with Crippen LogP contribution < -0.4 is 16.0 Å². The monoisotopic (exact) mass is 409 g/mol. The summed E-state index contributed by atoms with van der Waals surface area (Å²) in [6.45, 7) is 8.00. The van der Waals surface area contributed by atoms with Crippen LogP contribution in [0.1, 0.15) is 55.1 Å². The van der Waals surface area contributed by atoms with Crippen LogP contribution in [0.2, 0.25) is 0 Å². The summed E-state index contributed by atoms with van der Waals surface area (Å²) < 4.78 is 0. The summed E-state index contributed by atoms with van der Waals surface area (Å²) in [5.74, 6) is -0.619. The van der Waals surface area contributed by atoms with Gasteiger partial charge in [0.1, 0.15) is 6.04 Å². The Hall–Kier alpha value is -3.15. The number of anilines is 1. The lowest BCUT2D eigenvalue weighted by atomic mass is 10.0. The maximum absolute atomic E-state index is 12.7. The summed E-state index contributed by atoms with van der Waals surface area (Å²) in [6, 6.07) is 14.0. The van der Waals surface area contributed by atoms with Gasteiger partial charge in [0, 0.05) is 24.2 Å². The average Bonchev–Trinajstić information content (AvgIpc) is 2.70. The summed E-state index contributed by atoms with van der Waals surface area (Å²) in [6.07, 6.45) is 1.25. The van der Waals surface area contributed by atoms with Crippen molar-refractivity contribution in [1.29, 1.82) is 0 Å². The van der Waals surface area contributed by atoms with E-state index in [0.717, 1.165) is 17.5 Å². The second-order valence-corrected chi connectivity index (χ2v) is 7.78. The molecule has 0 saturated heterocycles. The van der Waals surface area contributed by atoms with E-state index < -0.39 is 6.04 Å². The molecule has 6 nitrogen and oxygen atoms in total. The molecule has 0 aromatic heterocycles.